The summed E-state index contributed by atoms with van der Waals surface area (Å²) >= 11 is 0. The van der Waals surface area contributed by atoms with E-state index in [1.54, 1.807) is 0 Å². The first kappa shape index (κ1) is 11.2. The number of nitrogens with zero attached hydrogens (tertiary/aromatic N) is 2. The second-order valence-corrected chi connectivity index (χ2v) is 5.16. The summed E-state index contributed by atoms with van der Waals surface area (Å²) in [4.78, 5) is 0. The van der Waals surface area contributed by atoms with Gasteiger partial charge in [-0.3, -0.25) is 0 Å². The van der Waals surface area contributed by atoms with Gasteiger partial charge >= 0.3 is 0 Å². The van der Waals surface area contributed by atoms with Crippen molar-refractivity contribution in [3.8, 4) is 0 Å². The summed E-state index contributed by atoms with van der Waals surface area (Å²) in [7, 11) is 0. The Hall–Kier alpha value is -0.870. The fraction of sp³-hybridized carbons (Fsp3) is 0.769. The van der Waals surface area contributed by atoms with Gasteiger partial charge in [0.25, 0.3) is 0 Å². The van der Waals surface area contributed by atoms with Gasteiger partial charge in [0.2, 0.25) is 0 Å². The topological polar surface area (TPSA) is 39.1 Å². The van der Waals surface area contributed by atoms with Gasteiger partial charge in [0.15, 0.2) is 0 Å². The first-order valence-corrected chi connectivity index (χ1v) is 6.72. The van der Waals surface area contributed by atoms with E-state index in [0.29, 0.717) is 5.92 Å². The van der Waals surface area contributed by atoms with Crippen LogP contribution in [0.3, 0.4) is 0 Å². The lowest BCUT2D eigenvalue weighted by Crippen LogP contribution is -2.18. The van der Waals surface area contributed by atoms with E-state index in [0.717, 1.165) is 26.1 Å². The fourth-order valence-corrected chi connectivity index (χ4v) is 2.90. The number of hydrogen-bond acceptors (Lipinski definition) is 3. The average Bonchev–Trinajstić information content (AvgIpc) is 2.99. The summed E-state index contributed by atoms with van der Waals surface area (Å²) in [5.74, 6) is 0.646. The number of hydrogen-bond donors (Lipinski definition) is 1. The van der Waals surface area contributed by atoms with Crippen LogP contribution < -0.4 is 5.32 Å². The summed E-state index contributed by atoms with van der Waals surface area (Å²) in [6, 6.07) is 0. The minimum atomic E-state index is 0.172. The van der Waals surface area contributed by atoms with E-state index in [-0.39, 0.29) is 6.23 Å². The molecule has 0 amide bonds. The van der Waals surface area contributed by atoms with Gasteiger partial charge in [0.1, 0.15) is 6.23 Å². The highest BCUT2D eigenvalue weighted by Crippen LogP contribution is 2.28. The van der Waals surface area contributed by atoms with Crippen LogP contribution >= 0.6 is 0 Å². The van der Waals surface area contributed by atoms with E-state index in [2.05, 4.69) is 23.5 Å². The lowest BCUT2D eigenvalue weighted by Gasteiger charge is -2.22. The minimum Gasteiger partial charge on any atom is -0.357 e. The highest BCUT2D eigenvalue weighted by atomic mass is 16.5. The minimum absolute atomic E-state index is 0.172. The van der Waals surface area contributed by atoms with Gasteiger partial charge in [-0.2, -0.15) is 5.10 Å². The van der Waals surface area contributed by atoms with Crippen LogP contribution in [0.2, 0.25) is 0 Å². The largest absolute Gasteiger partial charge is 0.357 e. The van der Waals surface area contributed by atoms with Crippen LogP contribution in [0, 0.1) is 6.92 Å². The van der Waals surface area contributed by atoms with E-state index in [4.69, 9.17) is 4.74 Å². The Morgan fingerprint density at radius 2 is 2.35 bits per heavy atom. The lowest BCUT2D eigenvalue weighted by molar-refractivity contribution is -0.0396. The van der Waals surface area contributed by atoms with Crippen LogP contribution in [-0.4, -0.2) is 29.5 Å². The Morgan fingerprint density at radius 3 is 3.06 bits per heavy atom. The van der Waals surface area contributed by atoms with Crippen molar-refractivity contribution in [2.75, 3.05) is 19.7 Å². The van der Waals surface area contributed by atoms with Crippen LogP contribution in [0.1, 0.15) is 49.1 Å². The third kappa shape index (κ3) is 2.24. The molecule has 2 atom stereocenters. The highest BCUT2D eigenvalue weighted by Gasteiger charge is 2.23. The van der Waals surface area contributed by atoms with Crippen LogP contribution in [0.15, 0.2) is 6.20 Å². The average molecular weight is 235 g/mol. The second kappa shape index (κ2) is 4.78. The maximum Gasteiger partial charge on any atom is 0.150 e. The highest BCUT2D eigenvalue weighted by molar-refractivity contribution is 5.22. The maximum absolute atomic E-state index is 5.78. The molecule has 3 heterocycles. The van der Waals surface area contributed by atoms with Gasteiger partial charge < -0.3 is 10.1 Å². The smallest absolute Gasteiger partial charge is 0.150 e. The van der Waals surface area contributed by atoms with Crippen molar-refractivity contribution in [3.63, 3.8) is 0 Å². The maximum atomic E-state index is 5.78. The molecule has 2 aliphatic heterocycles. The Bertz CT molecular complexity index is 376. The number of aromatic nitrogens is 2. The molecule has 17 heavy (non-hydrogen) atoms. The molecule has 1 aromatic heterocycles. The number of nitrogens with one attached hydrogen (secondary N) is 1. The molecular weight excluding hydrogens is 214 g/mol. The second-order valence-electron chi connectivity index (χ2n) is 5.16. The third-order valence-electron chi connectivity index (χ3n) is 3.91. The number of ether oxygens (including phenoxy) is 1. The predicted octanol–water partition coefficient (Wildman–Crippen LogP) is 1.97. The van der Waals surface area contributed by atoms with Crippen LogP contribution in [0.25, 0.3) is 0 Å². The van der Waals surface area contributed by atoms with Gasteiger partial charge in [0, 0.05) is 25.3 Å². The standard InChI is InChI=1S/C13H21N3O/c1-10-12(11-5-6-14-8-11)9-16(15-10)13-4-2-3-7-17-13/h9,11,13-14H,2-8H2,1H3. The monoisotopic (exact) mass is 235 g/mol. The molecule has 2 saturated heterocycles. The van der Waals surface area contributed by atoms with Crippen molar-refractivity contribution in [2.24, 2.45) is 0 Å². The Balaban J connectivity index is 1.79. The van der Waals surface area contributed by atoms with Crippen LogP contribution in [0.4, 0.5) is 0 Å². The molecule has 0 radical (unpaired) electrons. The van der Waals surface area contributed by atoms with E-state index < -0.39 is 0 Å². The van der Waals surface area contributed by atoms with Crippen molar-refractivity contribution >= 4 is 0 Å². The number of rotatable bonds is 2. The molecule has 3 rings (SSSR count). The van der Waals surface area contributed by atoms with Gasteiger partial charge in [-0.15, -0.1) is 0 Å². The van der Waals surface area contributed by atoms with E-state index in [9.17, 15) is 0 Å². The summed E-state index contributed by atoms with van der Waals surface area (Å²) in [6.45, 7) is 5.23. The van der Waals surface area contributed by atoms with E-state index in [1.165, 1.54) is 30.5 Å². The Morgan fingerprint density at radius 1 is 1.41 bits per heavy atom. The van der Waals surface area contributed by atoms with Crippen molar-refractivity contribution in [3.05, 3.63) is 17.5 Å². The SMILES string of the molecule is Cc1nn(C2CCCCO2)cc1C1CCNC1. The fourth-order valence-electron chi connectivity index (χ4n) is 2.90. The van der Waals surface area contributed by atoms with Gasteiger partial charge in [-0.25, -0.2) is 4.68 Å². The molecule has 2 fully saturated rings. The van der Waals surface area contributed by atoms with Gasteiger partial charge in [-0.05, 0) is 44.7 Å². The zero-order valence-corrected chi connectivity index (χ0v) is 10.5. The first-order valence-electron chi connectivity index (χ1n) is 6.72. The Labute approximate surface area is 102 Å². The third-order valence-corrected chi connectivity index (χ3v) is 3.91. The van der Waals surface area contributed by atoms with E-state index in [1.807, 2.05) is 4.68 Å². The molecule has 94 valence electrons. The normalized spacial score (nSPS) is 29.7. The van der Waals surface area contributed by atoms with Crippen molar-refractivity contribution in [2.45, 2.75) is 44.8 Å². The van der Waals surface area contributed by atoms with Crippen LogP contribution in [0.5, 0.6) is 0 Å². The van der Waals surface area contributed by atoms with E-state index >= 15 is 0 Å². The summed E-state index contributed by atoms with van der Waals surface area (Å²) < 4.78 is 7.82. The van der Waals surface area contributed by atoms with Gasteiger partial charge in [0.05, 0.1) is 5.69 Å². The molecule has 1 N–H and O–H groups in total. The molecule has 2 aliphatic rings. The molecular formula is C13H21N3O. The molecule has 4 nitrogen and oxygen atoms in total. The first-order chi connectivity index (χ1) is 8.34. The molecule has 0 aromatic carbocycles. The molecule has 1 aromatic rings. The van der Waals surface area contributed by atoms with Crippen molar-refractivity contribution in [1.29, 1.82) is 0 Å². The van der Waals surface area contributed by atoms with Crippen molar-refractivity contribution in [1.82, 2.24) is 15.1 Å². The summed E-state index contributed by atoms with van der Waals surface area (Å²) in [6.07, 6.45) is 7.16. The van der Waals surface area contributed by atoms with Crippen molar-refractivity contribution < 1.29 is 4.74 Å². The quantitative estimate of drug-likeness (QED) is 0.851. The molecule has 0 spiro atoms. The Kier molecular flexibility index (Phi) is 3.16. The molecule has 0 saturated carbocycles. The van der Waals surface area contributed by atoms with Crippen LogP contribution in [-0.2, 0) is 4.74 Å². The molecule has 0 aliphatic carbocycles. The zero-order valence-electron chi connectivity index (χ0n) is 10.5. The molecule has 2 unspecified atom stereocenters. The molecule has 0 bridgehead atoms. The summed E-state index contributed by atoms with van der Waals surface area (Å²) in [5, 5.41) is 8.06. The molecule has 4 heteroatoms. The predicted molar refractivity (Wildman–Crippen MR) is 66.0 cm³/mol. The number of aryl methyl sites for hydroxylation is 1. The lowest BCUT2D eigenvalue weighted by atomic mass is 10.00. The summed E-state index contributed by atoms with van der Waals surface area (Å²) in [5.41, 5.74) is 2.58. The zero-order chi connectivity index (χ0) is 11.7. The van der Waals surface area contributed by atoms with Gasteiger partial charge in [-0.1, -0.05) is 0 Å².